The van der Waals surface area contributed by atoms with E-state index < -0.39 is 0 Å². The Bertz CT molecular complexity index is 821. The number of hydrogen-bond donors (Lipinski definition) is 0. The molecule has 1 aromatic carbocycles. The van der Waals surface area contributed by atoms with Gasteiger partial charge in [-0.1, -0.05) is 18.2 Å². The lowest BCUT2D eigenvalue weighted by Crippen LogP contribution is -2.20. The van der Waals surface area contributed by atoms with Crippen LogP contribution in [0, 0.1) is 18.3 Å². The van der Waals surface area contributed by atoms with E-state index in [-0.39, 0.29) is 5.91 Å². The molecule has 1 aliphatic heterocycles. The SMILES string of the molecule is Cc1c(/C=C2/C(=O)N(C)c3ccccc32)cc(C#N)n1C. The van der Waals surface area contributed by atoms with Crippen LogP contribution in [0.15, 0.2) is 30.3 Å². The number of anilines is 1. The maximum atomic E-state index is 12.4. The number of nitrogens with zero attached hydrogens (tertiary/aromatic N) is 3. The second-order valence-electron chi connectivity index (χ2n) is 5.18. The van der Waals surface area contributed by atoms with Gasteiger partial charge in [0, 0.05) is 30.9 Å². The van der Waals surface area contributed by atoms with Gasteiger partial charge in [-0.05, 0) is 30.7 Å². The van der Waals surface area contributed by atoms with Gasteiger partial charge in [0.25, 0.3) is 5.91 Å². The van der Waals surface area contributed by atoms with Crippen molar-refractivity contribution in [3.63, 3.8) is 0 Å². The van der Waals surface area contributed by atoms with Gasteiger partial charge in [0.05, 0.1) is 5.69 Å². The molecule has 0 saturated heterocycles. The number of nitriles is 1. The molecule has 1 aliphatic rings. The van der Waals surface area contributed by atoms with E-state index in [1.807, 2.05) is 54.9 Å². The second kappa shape index (κ2) is 4.64. The number of rotatable bonds is 1. The number of hydrogen-bond acceptors (Lipinski definition) is 2. The molecule has 0 radical (unpaired) electrons. The maximum Gasteiger partial charge on any atom is 0.258 e. The number of fused-ring (bicyclic) bond motifs is 1. The normalized spacial score (nSPS) is 15.4. The first-order chi connectivity index (χ1) is 10.0. The number of amides is 1. The van der Waals surface area contributed by atoms with Crippen molar-refractivity contribution in [2.45, 2.75) is 6.92 Å². The van der Waals surface area contributed by atoms with Crippen LogP contribution in [0.3, 0.4) is 0 Å². The zero-order chi connectivity index (χ0) is 15.1. The first-order valence-corrected chi connectivity index (χ1v) is 6.70. The molecule has 1 amide bonds. The van der Waals surface area contributed by atoms with Crippen LogP contribution in [-0.2, 0) is 11.8 Å². The van der Waals surface area contributed by atoms with Crippen LogP contribution >= 0.6 is 0 Å². The van der Waals surface area contributed by atoms with Crippen molar-refractivity contribution >= 4 is 23.2 Å². The largest absolute Gasteiger partial charge is 0.339 e. The lowest BCUT2D eigenvalue weighted by molar-refractivity contribution is -0.112. The molecule has 2 aromatic rings. The summed E-state index contributed by atoms with van der Waals surface area (Å²) in [7, 11) is 3.63. The summed E-state index contributed by atoms with van der Waals surface area (Å²) in [5, 5.41) is 9.10. The van der Waals surface area contributed by atoms with Crippen LogP contribution in [-0.4, -0.2) is 17.5 Å². The lowest BCUT2D eigenvalue weighted by atomic mass is 10.0. The van der Waals surface area contributed by atoms with Gasteiger partial charge in [-0.2, -0.15) is 5.26 Å². The van der Waals surface area contributed by atoms with E-state index >= 15 is 0 Å². The Morgan fingerprint density at radius 2 is 1.95 bits per heavy atom. The first-order valence-electron chi connectivity index (χ1n) is 6.70. The van der Waals surface area contributed by atoms with Crippen molar-refractivity contribution in [3.05, 3.63) is 52.8 Å². The van der Waals surface area contributed by atoms with Gasteiger partial charge in [-0.15, -0.1) is 0 Å². The van der Waals surface area contributed by atoms with Crippen LogP contribution in [0.4, 0.5) is 5.69 Å². The molecule has 4 heteroatoms. The van der Waals surface area contributed by atoms with Crippen LogP contribution in [0.1, 0.15) is 22.5 Å². The zero-order valence-corrected chi connectivity index (χ0v) is 12.2. The molecule has 0 atom stereocenters. The highest BCUT2D eigenvalue weighted by Crippen LogP contribution is 2.36. The van der Waals surface area contributed by atoms with E-state index in [9.17, 15) is 4.79 Å². The van der Waals surface area contributed by atoms with Crippen LogP contribution in [0.5, 0.6) is 0 Å². The monoisotopic (exact) mass is 277 g/mol. The highest BCUT2D eigenvalue weighted by Gasteiger charge is 2.29. The number of carbonyl (C=O) groups excluding carboxylic acids is 1. The molecule has 4 nitrogen and oxygen atoms in total. The number of carbonyl (C=O) groups is 1. The fraction of sp³-hybridized carbons (Fsp3) is 0.176. The van der Waals surface area contributed by atoms with Crippen LogP contribution < -0.4 is 4.90 Å². The van der Waals surface area contributed by atoms with Gasteiger partial charge in [-0.3, -0.25) is 4.79 Å². The molecule has 0 spiro atoms. The first kappa shape index (κ1) is 13.2. The summed E-state index contributed by atoms with van der Waals surface area (Å²) in [4.78, 5) is 14.1. The molecule has 104 valence electrons. The van der Waals surface area contributed by atoms with Crippen molar-refractivity contribution in [2.24, 2.45) is 7.05 Å². The standard InChI is InChI=1S/C17H15N3O/c1-11-12(8-13(10-18)19(11)2)9-15-14-6-4-5-7-16(14)20(3)17(15)21/h4-9H,1-3H3/b15-9+. The van der Waals surface area contributed by atoms with E-state index in [1.54, 1.807) is 11.9 Å². The van der Waals surface area contributed by atoms with Gasteiger partial charge in [0.2, 0.25) is 0 Å². The minimum atomic E-state index is -0.0158. The Balaban J connectivity index is 2.17. The molecule has 1 aromatic heterocycles. The molecular formula is C17H15N3O. The Kier molecular flexibility index (Phi) is 2.91. The summed E-state index contributed by atoms with van der Waals surface area (Å²) in [6.07, 6.45) is 1.88. The average molecular weight is 277 g/mol. The predicted molar refractivity (Wildman–Crippen MR) is 82.6 cm³/mol. The molecule has 3 rings (SSSR count). The molecule has 0 aliphatic carbocycles. The third-order valence-electron chi connectivity index (χ3n) is 4.08. The predicted octanol–water partition coefficient (Wildman–Crippen LogP) is 2.72. The minimum absolute atomic E-state index is 0.0158. The molecule has 0 N–H and O–H groups in total. The Hall–Kier alpha value is -2.80. The molecule has 21 heavy (non-hydrogen) atoms. The quantitative estimate of drug-likeness (QED) is 0.752. The molecule has 0 unspecified atom stereocenters. The van der Waals surface area contributed by atoms with E-state index in [2.05, 4.69) is 6.07 Å². The van der Waals surface area contributed by atoms with Crippen molar-refractivity contribution in [1.29, 1.82) is 5.26 Å². The highest BCUT2D eigenvalue weighted by atomic mass is 16.2. The zero-order valence-electron chi connectivity index (χ0n) is 12.2. The van der Waals surface area contributed by atoms with Crippen molar-refractivity contribution < 1.29 is 4.79 Å². The van der Waals surface area contributed by atoms with Crippen molar-refractivity contribution in [1.82, 2.24) is 4.57 Å². The fourth-order valence-corrected chi connectivity index (χ4v) is 2.67. The van der Waals surface area contributed by atoms with E-state index in [0.717, 1.165) is 22.5 Å². The van der Waals surface area contributed by atoms with Crippen molar-refractivity contribution in [3.8, 4) is 6.07 Å². The molecule has 0 bridgehead atoms. The topological polar surface area (TPSA) is 49.0 Å². The number of benzene rings is 1. The summed E-state index contributed by atoms with van der Waals surface area (Å²) in [6.45, 7) is 1.95. The Morgan fingerprint density at radius 1 is 1.24 bits per heavy atom. The van der Waals surface area contributed by atoms with Crippen LogP contribution in [0.2, 0.25) is 0 Å². The minimum Gasteiger partial charge on any atom is -0.339 e. The van der Waals surface area contributed by atoms with E-state index in [4.69, 9.17) is 5.26 Å². The third-order valence-corrected chi connectivity index (χ3v) is 4.08. The second-order valence-corrected chi connectivity index (χ2v) is 5.18. The number of likely N-dealkylation sites (N-methyl/N-ethyl adjacent to an activating group) is 1. The average Bonchev–Trinajstić information content (AvgIpc) is 2.91. The Labute approximate surface area is 123 Å². The maximum absolute atomic E-state index is 12.4. The van der Waals surface area contributed by atoms with Gasteiger partial charge in [0.15, 0.2) is 0 Å². The fourth-order valence-electron chi connectivity index (χ4n) is 2.67. The van der Waals surface area contributed by atoms with Crippen molar-refractivity contribution in [2.75, 3.05) is 11.9 Å². The summed E-state index contributed by atoms with van der Waals surface area (Å²) in [5.74, 6) is -0.0158. The summed E-state index contributed by atoms with van der Waals surface area (Å²) in [6, 6.07) is 11.7. The summed E-state index contributed by atoms with van der Waals surface area (Å²) < 4.78 is 1.83. The van der Waals surface area contributed by atoms with Crippen LogP contribution in [0.25, 0.3) is 11.6 Å². The van der Waals surface area contributed by atoms with Gasteiger partial charge < -0.3 is 9.47 Å². The van der Waals surface area contributed by atoms with Gasteiger partial charge >= 0.3 is 0 Å². The summed E-state index contributed by atoms with van der Waals surface area (Å²) in [5.41, 5.74) is 4.99. The number of aromatic nitrogens is 1. The third kappa shape index (κ3) is 1.86. The summed E-state index contributed by atoms with van der Waals surface area (Å²) >= 11 is 0. The van der Waals surface area contributed by atoms with E-state index in [0.29, 0.717) is 11.3 Å². The molecule has 0 fully saturated rings. The smallest absolute Gasteiger partial charge is 0.258 e. The van der Waals surface area contributed by atoms with E-state index in [1.165, 1.54) is 0 Å². The highest BCUT2D eigenvalue weighted by molar-refractivity contribution is 6.35. The molecule has 2 heterocycles. The molecule has 0 saturated carbocycles. The Morgan fingerprint density at radius 3 is 2.62 bits per heavy atom. The van der Waals surface area contributed by atoms with Gasteiger partial charge in [0.1, 0.15) is 11.8 Å². The lowest BCUT2D eigenvalue weighted by Gasteiger charge is -2.07. The number of para-hydroxylation sites is 1. The molecular weight excluding hydrogens is 262 g/mol. The van der Waals surface area contributed by atoms with Gasteiger partial charge in [-0.25, -0.2) is 0 Å².